The lowest BCUT2D eigenvalue weighted by atomic mass is 9.84. The molecular weight excluding hydrogens is 364 g/mol. The summed E-state index contributed by atoms with van der Waals surface area (Å²) in [7, 11) is 0. The number of carbonyl (C=O) groups is 2. The predicted octanol–water partition coefficient (Wildman–Crippen LogP) is 5.28. The highest BCUT2D eigenvalue weighted by molar-refractivity contribution is 5.68. The van der Waals surface area contributed by atoms with Gasteiger partial charge in [0, 0.05) is 6.54 Å². The van der Waals surface area contributed by atoms with Gasteiger partial charge in [0.25, 0.3) is 0 Å². The van der Waals surface area contributed by atoms with Gasteiger partial charge in [0.2, 0.25) is 6.41 Å². The molecule has 1 aromatic rings. The lowest BCUT2D eigenvalue weighted by Crippen LogP contribution is -2.14. The number of benzene rings is 1. The van der Waals surface area contributed by atoms with Crippen LogP contribution in [-0.2, 0) is 16.0 Å². The van der Waals surface area contributed by atoms with E-state index in [0.29, 0.717) is 6.54 Å². The highest BCUT2D eigenvalue weighted by atomic mass is 16.4. The smallest absolute Gasteiger partial charge is 0.317 e. The maximum atomic E-state index is 9.88. The average Bonchev–Trinajstić information content (AvgIpc) is 2.72. The first-order chi connectivity index (χ1) is 13.9. The highest BCUT2D eigenvalue weighted by Crippen LogP contribution is 2.27. The molecule has 0 bridgehead atoms. The van der Waals surface area contributed by atoms with Gasteiger partial charge in [-0.25, -0.2) is 0 Å². The van der Waals surface area contributed by atoms with Gasteiger partial charge in [-0.1, -0.05) is 97.6 Å². The Balaban J connectivity index is -0.000000331. The second kappa shape index (κ2) is 26.1. The Labute approximate surface area is 179 Å². The quantitative estimate of drug-likeness (QED) is 0.455. The van der Waals surface area contributed by atoms with E-state index in [1.807, 2.05) is 44.2 Å². The van der Waals surface area contributed by atoms with E-state index in [4.69, 9.17) is 5.11 Å². The van der Waals surface area contributed by atoms with Crippen molar-refractivity contribution in [2.75, 3.05) is 13.1 Å². The summed E-state index contributed by atoms with van der Waals surface area (Å²) >= 11 is 0. The van der Waals surface area contributed by atoms with E-state index < -0.39 is 5.97 Å². The van der Waals surface area contributed by atoms with E-state index in [9.17, 15) is 9.59 Å². The Kier molecular flexibility index (Phi) is 28.6. The van der Waals surface area contributed by atoms with Gasteiger partial charge in [0.1, 0.15) is 0 Å². The van der Waals surface area contributed by atoms with Crippen LogP contribution in [0.15, 0.2) is 30.3 Å². The van der Waals surface area contributed by atoms with Crippen LogP contribution in [0.1, 0.15) is 79.2 Å². The van der Waals surface area contributed by atoms with E-state index in [0.717, 1.165) is 24.7 Å². The molecule has 4 N–H and O–H groups in total. The molecule has 1 saturated carbocycles. The van der Waals surface area contributed by atoms with Crippen molar-refractivity contribution in [1.29, 1.82) is 0 Å². The van der Waals surface area contributed by atoms with Crippen LogP contribution in [0.25, 0.3) is 0 Å². The van der Waals surface area contributed by atoms with Crippen LogP contribution in [-0.4, -0.2) is 30.6 Å². The minimum atomic E-state index is -0.968. The number of carboxylic acids is 1. The Bertz CT molecular complexity index is 445. The van der Waals surface area contributed by atoms with Crippen molar-refractivity contribution in [3.63, 3.8) is 0 Å². The number of nitrogens with two attached hydrogens (primary N) is 1. The number of carbonyl (C=O) groups excluding carboxylic acids is 1. The van der Waals surface area contributed by atoms with Gasteiger partial charge < -0.3 is 16.2 Å². The summed E-state index contributed by atoms with van der Waals surface area (Å²) in [6.45, 7) is 13.4. The molecule has 2 unspecified atom stereocenters. The molecule has 0 saturated heterocycles. The minimum Gasteiger partial charge on any atom is -0.480 e. The van der Waals surface area contributed by atoms with Crippen LogP contribution in [0.5, 0.6) is 0 Å². The fourth-order valence-corrected chi connectivity index (χ4v) is 2.66. The van der Waals surface area contributed by atoms with Crippen LogP contribution in [0.2, 0.25) is 0 Å². The molecule has 0 aromatic heterocycles. The van der Waals surface area contributed by atoms with E-state index in [1.54, 1.807) is 0 Å². The zero-order valence-corrected chi connectivity index (χ0v) is 19.6. The van der Waals surface area contributed by atoms with Crippen LogP contribution < -0.4 is 11.1 Å². The second-order valence-corrected chi connectivity index (χ2v) is 6.99. The van der Waals surface area contributed by atoms with E-state index in [-0.39, 0.29) is 6.54 Å². The number of nitrogens with one attached hydrogen (secondary N) is 1. The van der Waals surface area contributed by atoms with E-state index in [2.05, 4.69) is 38.7 Å². The number of hydrogen-bond acceptors (Lipinski definition) is 3. The molecule has 29 heavy (non-hydrogen) atoms. The third-order valence-corrected chi connectivity index (χ3v) is 3.86. The second-order valence-electron chi connectivity index (χ2n) is 6.99. The minimum absolute atomic E-state index is 0.278. The van der Waals surface area contributed by atoms with Crippen molar-refractivity contribution in [3.8, 4) is 0 Å². The van der Waals surface area contributed by atoms with Gasteiger partial charge in [-0.3, -0.25) is 9.59 Å². The summed E-state index contributed by atoms with van der Waals surface area (Å²) in [5.41, 5.74) is 5.82. The maximum absolute atomic E-state index is 9.88. The monoisotopic (exact) mass is 410 g/mol. The maximum Gasteiger partial charge on any atom is 0.317 e. The van der Waals surface area contributed by atoms with Gasteiger partial charge in [-0.15, -0.1) is 0 Å². The lowest BCUT2D eigenvalue weighted by Gasteiger charge is -2.22. The van der Waals surface area contributed by atoms with Crippen molar-refractivity contribution in [2.45, 2.75) is 80.1 Å². The Morgan fingerprint density at radius 2 is 1.59 bits per heavy atom. The first kappa shape index (κ1) is 31.8. The Morgan fingerprint density at radius 3 is 1.90 bits per heavy atom. The molecule has 0 radical (unpaired) electrons. The molecule has 170 valence electrons. The van der Waals surface area contributed by atoms with Crippen LogP contribution in [0.4, 0.5) is 0 Å². The number of hydrogen-bond donors (Lipinski definition) is 3. The number of amides is 1. The van der Waals surface area contributed by atoms with Crippen molar-refractivity contribution >= 4 is 12.4 Å². The summed E-state index contributed by atoms with van der Waals surface area (Å²) in [4.78, 5) is 19.1. The van der Waals surface area contributed by atoms with Crippen molar-refractivity contribution < 1.29 is 14.7 Å². The van der Waals surface area contributed by atoms with Crippen molar-refractivity contribution in [1.82, 2.24) is 5.32 Å². The highest BCUT2D eigenvalue weighted by Gasteiger charge is 2.13. The Hall–Kier alpha value is -1.88. The normalized spacial score (nSPS) is 16.5. The predicted molar refractivity (Wildman–Crippen MR) is 125 cm³/mol. The fourth-order valence-electron chi connectivity index (χ4n) is 2.66. The average molecular weight is 411 g/mol. The van der Waals surface area contributed by atoms with Crippen molar-refractivity contribution in [3.05, 3.63) is 35.9 Å². The number of aliphatic carboxylic acids is 1. The molecule has 0 heterocycles. The molecule has 1 fully saturated rings. The third-order valence-electron chi connectivity index (χ3n) is 3.86. The molecule has 1 amide bonds. The first-order valence-corrected chi connectivity index (χ1v) is 11.0. The van der Waals surface area contributed by atoms with Crippen molar-refractivity contribution in [2.24, 2.45) is 17.6 Å². The van der Waals surface area contributed by atoms with Gasteiger partial charge >= 0.3 is 5.97 Å². The molecule has 1 aliphatic rings. The molecule has 2 rings (SSSR count). The lowest BCUT2D eigenvalue weighted by molar-refractivity contribution is -0.135. The molecular formula is C24H46N2O3. The van der Waals surface area contributed by atoms with Gasteiger partial charge in [0.15, 0.2) is 0 Å². The molecule has 1 aliphatic carbocycles. The van der Waals surface area contributed by atoms with Gasteiger partial charge in [-0.2, -0.15) is 0 Å². The van der Waals surface area contributed by atoms with Crippen LogP contribution >= 0.6 is 0 Å². The van der Waals surface area contributed by atoms with Crippen LogP contribution in [0.3, 0.4) is 0 Å². The SMILES string of the molecule is CC.CC1CCCC(C)C1.CCC.NCC(=O)O.O=CNCCc1ccccc1. The van der Waals surface area contributed by atoms with E-state index >= 15 is 0 Å². The summed E-state index contributed by atoms with van der Waals surface area (Å²) in [5, 5.41) is 10.2. The summed E-state index contributed by atoms with van der Waals surface area (Å²) in [6.07, 6.45) is 8.78. The molecule has 5 heteroatoms. The number of rotatable bonds is 5. The van der Waals surface area contributed by atoms with Gasteiger partial charge in [-0.05, 0) is 30.2 Å². The summed E-state index contributed by atoms with van der Waals surface area (Å²) < 4.78 is 0. The fraction of sp³-hybridized carbons (Fsp3) is 0.667. The zero-order chi connectivity index (χ0) is 22.9. The van der Waals surface area contributed by atoms with Crippen LogP contribution in [0, 0.1) is 11.8 Å². The van der Waals surface area contributed by atoms with Gasteiger partial charge in [0.05, 0.1) is 6.54 Å². The largest absolute Gasteiger partial charge is 0.480 e. The zero-order valence-electron chi connectivity index (χ0n) is 19.6. The number of carboxylic acid groups (broad SMARTS) is 1. The molecule has 0 spiro atoms. The molecule has 0 aliphatic heterocycles. The Morgan fingerprint density at radius 1 is 1.14 bits per heavy atom. The summed E-state index contributed by atoms with van der Waals surface area (Å²) in [5.74, 6) is 1.06. The topological polar surface area (TPSA) is 92.4 Å². The van der Waals surface area contributed by atoms with E-state index in [1.165, 1.54) is 37.7 Å². The molecule has 5 nitrogen and oxygen atoms in total. The first-order valence-electron chi connectivity index (χ1n) is 11.0. The molecule has 2 atom stereocenters. The standard InChI is InChI=1S/C9H11NO.C8H16.C3H8.C2H5NO2.C2H6/c11-8-10-7-6-9-4-2-1-3-5-9;1-7-4-3-5-8(2)6-7;1-3-2;3-1-2(4)5;1-2/h1-5,8H,6-7H2,(H,10,11);7-8H,3-6H2,1-2H3;3H2,1-2H3;1,3H2,(H,4,5);1-2H3. The summed E-state index contributed by atoms with van der Waals surface area (Å²) in [6, 6.07) is 10.1. The molecule has 1 aromatic carbocycles. The third kappa shape index (κ3) is 28.4.